The van der Waals surface area contributed by atoms with E-state index in [1.807, 2.05) is 30.5 Å². The van der Waals surface area contributed by atoms with E-state index in [-0.39, 0.29) is 23.2 Å². The van der Waals surface area contributed by atoms with Gasteiger partial charge in [-0.05, 0) is 53.0 Å². The average Bonchev–Trinajstić information content (AvgIpc) is 3.20. The highest BCUT2D eigenvalue weighted by atomic mass is 15.0. The van der Waals surface area contributed by atoms with E-state index in [1.54, 1.807) is 0 Å². The minimum Gasteiger partial charge on any atom is -0.256 e. The van der Waals surface area contributed by atoms with Crippen LogP contribution >= 0.6 is 0 Å². The van der Waals surface area contributed by atoms with Gasteiger partial charge in [0.2, 0.25) is 0 Å². The van der Waals surface area contributed by atoms with Crippen molar-refractivity contribution >= 4 is 28.1 Å². The largest absolute Gasteiger partial charge is 0.256 e. The third-order valence-electron chi connectivity index (χ3n) is 10.9. The molecule has 4 aliphatic carbocycles. The summed E-state index contributed by atoms with van der Waals surface area (Å²) in [6.45, 7) is 8.68. The Balaban J connectivity index is 1.22. The number of aromatic nitrogens is 4. The van der Waals surface area contributed by atoms with E-state index < -0.39 is 0 Å². The molecule has 4 unspecified atom stereocenters. The molecule has 0 bridgehead atoms. The first-order chi connectivity index (χ1) is 25.5. The predicted octanol–water partition coefficient (Wildman–Crippen LogP) is 11.1. The zero-order valence-electron chi connectivity index (χ0n) is 29.3. The number of fused-ring (bicyclic) bond motifs is 5. The van der Waals surface area contributed by atoms with Crippen LogP contribution in [0.3, 0.4) is 0 Å². The van der Waals surface area contributed by atoms with E-state index in [4.69, 9.17) is 19.9 Å². The molecule has 4 nitrogen and oxygen atoms in total. The summed E-state index contributed by atoms with van der Waals surface area (Å²) in [5, 5.41) is 1.12. The second-order valence-corrected chi connectivity index (χ2v) is 14.0. The number of pyridine rings is 1. The van der Waals surface area contributed by atoms with Crippen LogP contribution in [0.1, 0.15) is 36.6 Å². The van der Waals surface area contributed by atoms with Gasteiger partial charge in [-0.1, -0.05) is 153 Å². The van der Waals surface area contributed by atoms with Crippen LogP contribution in [0.25, 0.3) is 50.6 Å². The lowest BCUT2D eigenvalue weighted by molar-refractivity contribution is 0.503. The quantitative estimate of drug-likeness (QED) is 0.180. The fraction of sp³-hybridized carbons (Fsp3) is 0.125. The van der Waals surface area contributed by atoms with Gasteiger partial charge in [-0.3, -0.25) is 4.98 Å². The maximum Gasteiger partial charge on any atom is 0.164 e. The van der Waals surface area contributed by atoms with Gasteiger partial charge in [-0.2, -0.15) is 0 Å². The molecule has 2 heterocycles. The van der Waals surface area contributed by atoms with Crippen LogP contribution in [0.2, 0.25) is 0 Å². The number of allylic oxidation sites excluding steroid dienone is 16. The van der Waals surface area contributed by atoms with Gasteiger partial charge in [-0.15, -0.1) is 0 Å². The minimum atomic E-state index is -0.236. The zero-order valence-corrected chi connectivity index (χ0v) is 29.3. The van der Waals surface area contributed by atoms with Gasteiger partial charge in [0.05, 0.1) is 5.52 Å². The summed E-state index contributed by atoms with van der Waals surface area (Å²) >= 11 is 0. The van der Waals surface area contributed by atoms with Gasteiger partial charge >= 0.3 is 0 Å². The van der Waals surface area contributed by atoms with E-state index in [0.29, 0.717) is 17.5 Å². The number of rotatable bonds is 6. The lowest BCUT2D eigenvalue weighted by atomic mass is 9.62. The number of nitrogens with zero attached hydrogens (tertiary/aromatic N) is 4. The third-order valence-corrected chi connectivity index (χ3v) is 10.9. The molecule has 0 spiro atoms. The first-order valence-corrected chi connectivity index (χ1v) is 18.0. The predicted molar refractivity (Wildman–Crippen MR) is 215 cm³/mol. The molecule has 3 aromatic carbocycles. The van der Waals surface area contributed by atoms with Gasteiger partial charge in [-0.25, -0.2) is 15.0 Å². The van der Waals surface area contributed by atoms with Crippen molar-refractivity contribution in [2.45, 2.75) is 19.3 Å². The first kappa shape index (κ1) is 31.7. The summed E-state index contributed by atoms with van der Waals surface area (Å²) in [4.78, 5) is 20.6. The van der Waals surface area contributed by atoms with Gasteiger partial charge in [0.1, 0.15) is 0 Å². The van der Waals surface area contributed by atoms with Crippen molar-refractivity contribution < 1.29 is 0 Å². The van der Waals surface area contributed by atoms with Crippen molar-refractivity contribution in [1.82, 2.24) is 19.9 Å². The van der Waals surface area contributed by atoms with E-state index in [0.717, 1.165) is 44.3 Å². The molecule has 9 rings (SSSR count). The summed E-state index contributed by atoms with van der Waals surface area (Å²) in [6.07, 6.45) is 30.5. The molecule has 0 saturated heterocycles. The zero-order chi connectivity index (χ0) is 35.2. The second kappa shape index (κ2) is 12.8. The summed E-state index contributed by atoms with van der Waals surface area (Å²) in [5.74, 6) is 2.45. The Kier molecular flexibility index (Phi) is 7.81. The van der Waals surface area contributed by atoms with E-state index in [1.165, 1.54) is 16.7 Å². The SMILES string of the molecule is C=CC1=C(/C=C\C)C2C=CC=CC2C=C1c1nc(C2=Cc3ccccc3C3(C)C=CC=CC23)nc(-c2ccc(-c3cnc4ccccc4c3)cc2)n1. The Hall–Kier alpha value is -6.26. The number of hydrogen-bond acceptors (Lipinski definition) is 4. The Labute approximate surface area is 305 Å². The van der Waals surface area contributed by atoms with Crippen LogP contribution in [-0.2, 0) is 5.41 Å². The summed E-state index contributed by atoms with van der Waals surface area (Å²) in [5.41, 5.74) is 10.7. The molecule has 0 radical (unpaired) electrons. The van der Waals surface area contributed by atoms with Gasteiger partial charge in [0.15, 0.2) is 17.5 Å². The lowest BCUT2D eigenvalue weighted by Gasteiger charge is -2.41. The normalized spacial score (nSPS) is 22.9. The molecular formula is C48H38N4. The van der Waals surface area contributed by atoms with E-state index in [9.17, 15) is 0 Å². The number of benzene rings is 3. The van der Waals surface area contributed by atoms with Crippen molar-refractivity contribution in [3.63, 3.8) is 0 Å². The Morgan fingerprint density at radius 3 is 2.37 bits per heavy atom. The third kappa shape index (κ3) is 5.30. The molecule has 2 aromatic heterocycles. The molecule has 0 N–H and O–H groups in total. The molecule has 250 valence electrons. The summed E-state index contributed by atoms with van der Waals surface area (Å²) < 4.78 is 0. The molecule has 4 atom stereocenters. The fourth-order valence-corrected chi connectivity index (χ4v) is 8.30. The Morgan fingerprint density at radius 1 is 0.750 bits per heavy atom. The summed E-state index contributed by atoms with van der Waals surface area (Å²) in [7, 11) is 0. The van der Waals surface area contributed by atoms with Crippen LogP contribution in [0.5, 0.6) is 0 Å². The Bertz CT molecular complexity index is 2520. The van der Waals surface area contributed by atoms with Crippen molar-refractivity contribution in [3.05, 3.63) is 198 Å². The van der Waals surface area contributed by atoms with Crippen LogP contribution in [0, 0.1) is 17.8 Å². The molecule has 0 saturated carbocycles. The van der Waals surface area contributed by atoms with Crippen molar-refractivity contribution in [2.24, 2.45) is 17.8 Å². The highest BCUT2D eigenvalue weighted by molar-refractivity contribution is 5.89. The highest BCUT2D eigenvalue weighted by Gasteiger charge is 2.41. The maximum atomic E-state index is 5.35. The molecule has 4 aliphatic rings. The smallest absolute Gasteiger partial charge is 0.164 e. The molecule has 4 heteroatoms. The first-order valence-electron chi connectivity index (χ1n) is 18.0. The fourth-order valence-electron chi connectivity index (χ4n) is 8.30. The molecule has 0 aliphatic heterocycles. The van der Waals surface area contributed by atoms with Crippen molar-refractivity contribution in [3.8, 4) is 22.5 Å². The monoisotopic (exact) mass is 670 g/mol. The van der Waals surface area contributed by atoms with E-state index in [2.05, 4.69) is 154 Å². The topological polar surface area (TPSA) is 51.6 Å². The van der Waals surface area contributed by atoms with Crippen molar-refractivity contribution in [1.29, 1.82) is 0 Å². The minimum absolute atomic E-state index is 0.0578. The summed E-state index contributed by atoms with van der Waals surface area (Å²) in [6, 6.07) is 27.6. The van der Waals surface area contributed by atoms with Gasteiger partial charge in [0, 0.05) is 57.0 Å². The molecule has 0 amide bonds. The highest BCUT2D eigenvalue weighted by Crippen LogP contribution is 2.50. The van der Waals surface area contributed by atoms with Gasteiger partial charge in [0.25, 0.3) is 0 Å². The Morgan fingerprint density at radius 2 is 1.50 bits per heavy atom. The molecular weight excluding hydrogens is 633 g/mol. The molecule has 0 fully saturated rings. The number of para-hydroxylation sites is 1. The van der Waals surface area contributed by atoms with Crippen LogP contribution in [0.4, 0.5) is 0 Å². The molecule has 5 aromatic rings. The standard InChI is InChI=1S/C48H38N4/c1-4-14-39-37(5-2)40(28-33-15-6-9-18-38(33)39)46-50-45(32-24-22-31(23-25-32)36-27-35-17-8-11-21-44(35)49-30-36)51-47(52-46)41-29-34-16-7-10-19-42(34)48(3)26-13-12-20-43(41)48/h4-30,33,38,43H,2H2,1,3H3/b14-4-. The maximum absolute atomic E-state index is 5.35. The van der Waals surface area contributed by atoms with Gasteiger partial charge < -0.3 is 0 Å². The van der Waals surface area contributed by atoms with Crippen LogP contribution in [-0.4, -0.2) is 19.9 Å². The van der Waals surface area contributed by atoms with Crippen molar-refractivity contribution in [2.75, 3.05) is 0 Å². The number of hydrogen-bond donors (Lipinski definition) is 0. The van der Waals surface area contributed by atoms with E-state index >= 15 is 0 Å². The average molecular weight is 671 g/mol. The van der Waals surface area contributed by atoms with Crippen LogP contribution in [0.15, 0.2) is 176 Å². The van der Waals surface area contributed by atoms with Crippen LogP contribution < -0.4 is 0 Å². The second-order valence-electron chi connectivity index (χ2n) is 14.0. The lowest BCUT2D eigenvalue weighted by Crippen LogP contribution is -2.34. The molecule has 52 heavy (non-hydrogen) atoms.